The van der Waals surface area contributed by atoms with Crippen LogP contribution in [0.25, 0.3) is 0 Å². The molecule has 0 radical (unpaired) electrons. The summed E-state index contributed by atoms with van der Waals surface area (Å²) in [6, 6.07) is 18.1. The highest BCUT2D eigenvalue weighted by atomic mass is 32.1. The molecule has 1 aromatic heterocycles. The van der Waals surface area contributed by atoms with E-state index in [9.17, 15) is 14.0 Å². The van der Waals surface area contributed by atoms with Crippen LogP contribution >= 0.6 is 11.3 Å². The molecule has 4 rings (SSSR count). The molecule has 33 heavy (non-hydrogen) atoms. The van der Waals surface area contributed by atoms with E-state index >= 15 is 0 Å². The molecule has 1 aliphatic heterocycles. The summed E-state index contributed by atoms with van der Waals surface area (Å²) in [5, 5.41) is 2.09. The largest absolute Gasteiger partial charge is 0.333 e. The first kappa shape index (κ1) is 23.2. The standard InChI is InChI=1S/C27H29FN2O2S/c1-2-3-15-29(25(31)18-20-9-11-22(28)12-10-20)19-26(32)30-16-13-24-23(14-17-33-24)27(30)21-7-5-4-6-8-21/h4-12,14,17,27H,2-3,13,15-16,18-19H2,1H3. The molecular formula is C27H29FN2O2S. The number of amides is 2. The normalized spacial score (nSPS) is 15.2. The van der Waals surface area contributed by atoms with E-state index in [1.807, 2.05) is 23.1 Å². The van der Waals surface area contributed by atoms with Gasteiger partial charge in [0.25, 0.3) is 0 Å². The molecule has 3 aromatic rings. The van der Waals surface area contributed by atoms with Gasteiger partial charge in [-0.3, -0.25) is 9.59 Å². The van der Waals surface area contributed by atoms with Crippen molar-refractivity contribution in [2.75, 3.05) is 19.6 Å². The number of halogens is 1. The fourth-order valence-electron chi connectivity index (χ4n) is 4.36. The average molecular weight is 465 g/mol. The zero-order valence-electron chi connectivity index (χ0n) is 18.9. The van der Waals surface area contributed by atoms with Crippen molar-refractivity contribution in [3.8, 4) is 0 Å². The van der Waals surface area contributed by atoms with Gasteiger partial charge in [-0.1, -0.05) is 55.8 Å². The number of fused-ring (bicyclic) bond motifs is 1. The van der Waals surface area contributed by atoms with Gasteiger partial charge in [0, 0.05) is 18.0 Å². The van der Waals surface area contributed by atoms with Gasteiger partial charge >= 0.3 is 0 Å². The van der Waals surface area contributed by atoms with Gasteiger partial charge in [0.2, 0.25) is 11.8 Å². The van der Waals surface area contributed by atoms with Crippen molar-refractivity contribution in [1.82, 2.24) is 9.80 Å². The lowest BCUT2D eigenvalue weighted by molar-refractivity contribution is -0.141. The lowest BCUT2D eigenvalue weighted by Crippen LogP contribution is -2.47. The first-order chi connectivity index (χ1) is 16.1. The lowest BCUT2D eigenvalue weighted by Gasteiger charge is -2.37. The average Bonchev–Trinajstić information content (AvgIpc) is 3.32. The summed E-state index contributed by atoms with van der Waals surface area (Å²) >= 11 is 1.74. The van der Waals surface area contributed by atoms with Crippen molar-refractivity contribution in [3.63, 3.8) is 0 Å². The van der Waals surface area contributed by atoms with E-state index in [4.69, 9.17) is 0 Å². The number of thiophene rings is 1. The molecule has 1 atom stereocenters. The van der Waals surface area contributed by atoms with Crippen molar-refractivity contribution in [2.24, 2.45) is 0 Å². The Morgan fingerprint density at radius 1 is 1.09 bits per heavy atom. The summed E-state index contributed by atoms with van der Waals surface area (Å²) in [5.74, 6) is -0.466. The molecule has 172 valence electrons. The number of nitrogens with zero attached hydrogens (tertiary/aromatic N) is 2. The van der Waals surface area contributed by atoms with Crippen molar-refractivity contribution in [2.45, 2.75) is 38.6 Å². The number of unbranched alkanes of at least 4 members (excludes halogenated alkanes) is 1. The first-order valence-electron chi connectivity index (χ1n) is 11.5. The third-order valence-electron chi connectivity index (χ3n) is 6.13. The van der Waals surface area contributed by atoms with Gasteiger partial charge in [0.15, 0.2) is 0 Å². The van der Waals surface area contributed by atoms with Crippen molar-refractivity contribution in [3.05, 3.63) is 93.4 Å². The maximum atomic E-state index is 13.6. The summed E-state index contributed by atoms with van der Waals surface area (Å²) in [5.41, 5.74) is 3.02. The Kier molecular flexibility index (Phi) is 7.55. The summed E-state index contributed by atoms with van der Waals surface area (Å²) in [4.78, 5) is 31.6. The Hall–Kier alpha value is -2.99. The van der Waals surface area contributed by atoms with Crippen LogP contribution in [0.15, 0.2) is 66.0 Å². The molecule has 2 heterocycles. The third-order valence-corrected chi connectivity index (χ3v) is 7.13. The molecule has 0 saturated carbocycles. The topological polar surface area (TPSA) is 40.6 Å². The summed E-state index contributed by atoms with van der Waals surface area (Å²) in [6.07, 6.45) is 2.76. The maximum Gasteiger partial charge on any atom is 0.242 e. The summed E-state index contributed by atoms with van der Waals surface area (Å²) < 4.78 is 13.2. The van der Waals surface area contributed by atoms with Gasteiger partial charge < -0.3 is 9.80 Å². The summed E-state index contributed by atoms with van der Waals surface area (Å²) in [7, 11) is 0. The van der Waals surface area contributed by atoms with E-state index in [2.05, 4.69) is 30.5 Å². The molecule has 6 heteroatoms. The molecule has 0 spiro atoms. The van der Waals surface area contributed by atoms with Crippen LogP contribution in [0.4, 0.5) is 4.39 Å². The fourth-order valence-corrected chi connectivity index (χ4v) is 5.27. The molecule has 2 amide bonds. The number of carbonyl (C=O) groups excluding carboxylic acids is 2. The van der Waals surface area contributed by atoms with Crippen LogP contribution in [0.2, 0.25) is 0 Å². The van der Waals surface area contributed by atoms with Gasteiger partial charge in [-0.25, -0.2) is 4.39 Å². The Morgan fingerprint density at radius 3 is 2.58 bits per heavy atom. The Labute approximate surface area is 198 Å². The van der Waals surface area contributed by atoms with E-state index in [0.717, 1.165) is 30.4 Å². The molecule has 0 N–H and O–H groups in total. The molecule has 2 aromatic carbocycles. The molecule has 4 nitrogen and oxygen atoms in total. The molecule has 1 unspecified atom stereocenters. The van der Waals surface area contributed by atoms with Gasteiger partial charge in [-0.05, 0) is 53.1 Å². The number of rotatable bonds is 8. The number of hydrogen-bond acceptors (Lipinski definition) is 3. The highest BCUT2D eigenvalue weighted by molar-refractivity contribution is 7.10. The van der Waals surface area contributed by atoms with Gasteiger partial charge in [-0.2, -0.15) is 0 Å². The van der Waals surface area contributed by atoms with Crippen LogP contribution in [0.5, 0.6) is 0 Å². The van der Waals surface area contributed by atoms with Crippen LogP contribution < -0.4 is 0 Å². The molecule has 0 fully saturated rings. The van der Waals surface area contributed by atoms with E-state index in [-0.39, 0.29) is 36.6 Å². The molecule has 1 aliphatic rings. The Balaban J connectivity index is 1.53. The van der Waals surface area contributed by atoms with Gasteiger partial charge in [0.1, 0.15) is 5.82 Å². The predicted octanol–water partition coefficient (Wildman–Crippen LogP) is 5.23. The highest BCUT2D eigenvalue weighted by Gasteiger charge is 2.33. The minimum atomic E-state index is -0.325. The van der Waals surface area contributed by atoms with Crippen LogP contribution in [0.3, 0.4) is 0 Å². The Bertz CT molecular complexity index is 1080. The van der Waals surface area contributed by atoms with Gasteiger partial charge in [-0.15, -0.1) is 11.3 Å². The third kappa shape index (κ3) is 5.50. The second-order valence-electron chi connectivity index (χ2n) is 8.42. The van der Waals surface area contributed by atoms with Crippen LogP contribution in [0, 0.1) is 5.82 Å². The van der Waals surface area contributed by atoms with Gasteiger partial charge in [0.05, 0.1) is 19.0 Å². The zero-order valence-corrected chi connectivity index (χ0v) is 19.7. The molecule has 0 aliphatic carbocycles. The number of carbonyl (C=O) groups is 2. The van der Waals surface area contributed by atoms with Crippen LogP contribution in [-0.2, 0) is 22.4 Å². The second kappa shape index (κ2) is 10.8. The van der Waals surface area contributed by atoms with Crippen LogP contribution in [-0.4, -0.2) is 41.2 Å². The second-order valence-corrected chi connectivity index (χ2v) is 9.42. The van der Waals surface area contributed by atoms with Crippen LogP contribution in [0.1, 0.15) is 47.4 Å². The number of benzene rings is 2. The van der Waals surface area contributed by atoms with E-state index < -0.39 is 0 Å². The van der Waals surface area contributed by atoms with Crippen molar-refractivity contribution in [1.29, 1.82) is 0 Å². The number of hydrogen-bond donors (Lipinski definition) is 0. The fraction of sp³-hybridized carbons (Fsp3) is 0.333. The lowest BCUT2D eigenvalue weighted by atomic mass is 9.93. The quantitative estimate of drug-likeness (QED) is 0.458. The van der Waals surface area contributed by atoms with Crippen molar-refractivity contribution < 1.29 is 14.0 Å². The Morgan fingerprint density at radius 2 is 1.85 bits per heavy atom. The highest BCUT2D eigenvalue weighted by Crippen LogP contribution is 2.37. The van der Waals surface area contributed by atoms with E-state index in [1.165, 1.54) is 22.6 Å². The first-order valence-corrected chi connectivity index (χ1v) is 12.4. The minimum absolute atomic E-state index is 0.0377. The molecule has 0 bridgehead atoms. The SMILES string of the molecule is CCCCN(CC(=O)N1CCc2sccc2C1c1ccccc1)C(=O)Cc1ccc(F)cc1. The zero-order chi connectivity index (χ0) is 23.2. The molecule has 0 saturated heterocycles. The monoisotopic (exact) mass is 464 g/mol. The summed E-state index contributed by atoms with van der Waals surface area (Å²) in [6.45, 7) is 3.30. The maximum absolute atomic E-state index is 13.6. The van der Waals surface area contributed by atoms with Crippen molar-refractivity contribution >= 4 is 23.2 Å². The molecular weight excluding hydrogens is 435 g/mol. The van der Waals surface area contributed by atoms with E-state index in [1.54, 1.807) is 28.4 Å². The van der Waals surface area contributed by atoms with E-state index in [0.29, 0.717) is 13.1 Å². The minimum Gasteiger partial charge on any atom is -0.333 e. The predicted molar refractivity (Wildman–Crippen MR) is 130 cm³/mol. The smallest absolute Gasteiger partial charge is 0.242 e.